The van der Waals surface area contributed by atoms with Crippen LogP contribution in [0.25, 0.3) is 0 Å². The van der Waals surface area contributed by atoms with E-state index in [1.54, 1.807) is 0 Å². The highest BCUT2D eigenvalue weighted by molar-refractivity contribution is 5.80. The van der Waals surface area contributed by atoms with Crippen LogP contribution in [0.1, 0.15) is 53.5 Å². The molecule has 0 aliphatic rings. The molecule has 0 heterocycles. The number of alkyl halides is 6. The molecule has 0 saturated heterocycles. The van der Waals surface area contributed by atoms with Gasteiger partial charge in [-0.15, -0.1) is 0 Å². The van der Waals surface area contributed by atoms with E-state index in [0.717, 1.165) is 12.0 Å². The number of hydrogen-bond donors (Lipinski definition) is 0. The number of carbonyl (C=O) groups excluding carboxylic acids is 1. The molecule has 1 aromatic carbocycles. The van der Waals surface area contributed by atoms with Crippen molar-refractivity contribution in [2.24, 2.45) is 10.8 Å². The van der Waals surface area contributed by atoms with Crippen molar-refractivity contribution in [3.8, 4) is 5.75 Å². The van der Waals surface area contributed by atoms with E-state index in [1.165, 1.54) is 24.3 Å². The third-order valence-corrected chi connectivity index (χ3v) is 4.36. The summed E-state index contributed by atoms with van der Waals surface area (Å²) >= 11 is 0. The van der Waals surface area contributed by atoms with Gasteiger partial charge in [0, 0.05) is 0 Å². The van der Waals surface area contributed by atoms with Gasteiger partial charge in [0.25, 0.3) is 5.41 Å². The molecule has 0 aromatic heterocycles. The molecular formula is C19H24F6O2. The number of esters is 1. The van der Waals surface area contributed by atoms with Crippen LogP contribution in [-0.2, 0) is 10.2 Å². The normalized spacial score (nSPS) is 14.2. The SMILES string of the molecule is CC(C)(C)CC(C)(C)c1ccc(OC(=O)C(C)(C(F)(F)F)C(F)(F)F)cc1. The van der Waals surface area contributed by atoms with Gasteiger partial charge < -0.3 is 4.74 Å². The minimum absolute atomic E-state index is 0.00979. The minimum atomic E-state index is -5.84. The number of benzene rings is 1. The summed E-state index contributed by atoms with van der Waals surface area (Å²) in [5, 5.41) is 0. The van der Waals surface area contributed by atoms with Gasteiger partial charge in [-0.1, -0.05) is 46.8 Å². The number of halogens is 6. The van der Waals surface area contributed by atoms with Crippen LogP contribution in [0.15, 0.2) is 24.3 Å². The molecule has 0 atom stereocenters. The van der Waals surface area contributed by atoms with E-state index in [0.29, 0.717) is 0 Å². The molecule has 0 bridgehead atoms. The Bertz CT molecular complexity index is 649. The highest BCUT2D eigenvalue weighted by atomic mass is 19.4. The zero-order valence-electron chi connectivity index (χ0n) is 16.1. The Morgan fingerprint density at radius 3 is 1.56 bits per heavy atom. The second-order valence-corrected chi connectivity index (χ2v) is 8.66. The van der Waals surface area contributed by atoms with Gasteiger partial charge in [-0.05, 0) is 41.9 Å². The smallest absolute Gasteiger partial charge is 0.413 e. The number of ether oxygens (including phenoxy) is 1. The zero-order valence-corrected chi connectivity index (χ0v) is 16.1. The molecule has 0 fully saturated rings. The van der Waals surface area contributed by atoms with E-state index in [9.17, 15) is 31.1 Å². The second kappa shape index (κ2) is 7.02. The first-order valence-electron chi connectivity index (χ1n) is 8.27. The Morgan fingerprint density at radius 2 is 1.22 bits per heavy atom. The predicted octanol–water partition coefficient (Wildman–Crippen LogP) is 6.44. The van der Waals surface area contributed by atoms with Gasteiger partial charge >= 0.3 is 18.3 Å². The molecule has 0 amide bonds. The van der Waals surface area contributed by atoms with E-state index >= 15 is 0 Å². The Kier molecular flexibility index (Phi) is 6.06. The van der Waals surface area contributed by atoms with Crippen molar-refractivity contribution >= 4 is 5.97 Å². The lowest BCUT2D eigenvalue weighted by Gasteiger charge is -2.33. The molecule has 2 nitrogen and oxygen atoms in total. The summed E-state index contributed by atoms with van der Waals surface area (Å²) in [5.74, 6) is -2.79. The first-order valence-corrected chi connectivity index (χ1v) is 8.27. The zero-order chi connectivity index (χ0) is 21.5. The number of hydrogen-bond acceptors (Lipinski definition) is 2. The van der Waals surface area contributed by atoms with E-state index in [1.807, 2.05) is 13.8 Å². The average molecular weight is 398 g/mol. The van der Waals surface area contributed by atoms with Gasteiger partial charge in [-0.25, -0.2) is 0 Å². The quantitative estimate of drug-likeness (QED) is 0.332. The van der Waals surface area contributed by atoms with Gasteiger partial charge in [0.1, 0.15) is 5.75 Å². The summed E-state index contributed by atoms with van der Waals surface area (Å²) < 4.78 is 81.9. The molecule has 0 aliphatic carbocycles. The summed E-state index contributed by atoms with van der Waals surface area (Å²) in [4.78, 5) is 11.7. The molecule has 1 aromatic rings. The molecule has 8 heteroatoms. The predicted molar refractivity (Wildman–Crippen MR) is 89.4 cm³/mol. The molecule has 0 N–H and O–H groups in total. The average Bonchev–Trinajstić information content (AvgIpc) is 2.41. The van der Waals surface area contributed by atoms with Gasteiger partial charge in [-0.3, -0.25) is 4.79 Å². The number of rotatable bonds is 4. The monoisotopic (exact) mass is 398 g/mol. The molecule has 154 valence electrons. The topological polar surface area (TPSA) is 26.3 Å². The van der Waals surface area contributed by atoms with Crippen molar-refractivity contribution in [2.75, 3.05) is 0 Å². The molecule has 0 unspecified atom stereocenters. The first-order chi connectivity index (χ1) is 11.8. The van der Waals surface area contributed by atoms with Crippen LogP contribution < -0.4 is 4.74 Å². The van der Waals surface area contributed by atoms with Crippen LogP contribution in [0.2, 0.25) is 0 Å². The van der Waals surface area contributed by atoms with Gasteiger partial charge in [-0.2, -0.15) is 26.3 Å². The van der Waals surface area contributed by atoms with Crippen LogP contribution in [0, 0.1) is 10.8 Å². The summed E-state index contributed by atoms with van der Waals surface area (Å²) in [6.07, 6.45) is -10.9. The lowest BCUT2D eigenvalue weighted by Crippen LogP contribution is -2.55. The van der Waals surface area contributed by atoms with Crippen LogP contribution in [0.3, 0.4) is 0 Å². The number of carbonyl (C=O) groups is 1. The third-order valence-electron chi connectivity index (χ3n) is 4.36. The lowest BCUT2D eigenvalue weighted by atomic mass is 9.72. The van der Waals surface area contributed by atoms with Crippen molar-refractivity contribution in [1.82, 2.24) is 0 Å². The second-order valence-electron chi connectivity index (χ2n) is 8.66. The molecule has 0 saturated carbocycles. The van der Waals surface area contributed by atoms with Crippen molar-refractivity contribution in [1.29, 1.82) is 0 Å². The third kappa shape index (κ3) is 5.17. The fourth-order valence-electron chi connectivity index (χ4n) is 3.00. The van der Waals surface area contributed by atoms with Gasteiger partial charge in [0.05, 0.1) is 0 Å². The van der Waals surface area contributed by atoms with E-state index in [-0.39, 0.29) is 23.5 Å². The maximum Gasteiger partial charge on any atom is 0.413 e. The summed E-state index contributed by atoms with van der Waals surface area (Å²) in [5.41, 5.74) is -4.06. The Hall–Kier alpha value is -1.73. The molecule has 1 rings (SSSR count). The van der Waals surface area contributed by atoms with Gasteiger partial charge in [0.2, 0.25) is 0 Å². The summed E-state index contributed by atoms with van der Waals surface area (Å²) in [7, 11) is 0. The molecule has 27 heavy (non-hydrogen) atoms. The Labute approximate surface area is 154 Å². The van der Waals surface area contributed by atoms with Crippen LogP contribution in [-0.4, -0.2) is 18.3 Å². The van der Waals surface area contributed by atoms with E-state index in [2.05, 4.69) is 25.5 Å². The fourth-order valence-corrected chi connectivity index (χ4v) is 3.00. The Balaban J connectivity index is 3.09. The summed E-state index contributed by atoms with van der Waals surface area (Å²) in [6, 6.07) is 5.47. The first kappa shape index (κ1) is 23.3. The van der Waals surface area contributed by atoms with Crippen molar-refractivity contribution in [2.45, 2.75) is 65.7 Å². The van der Waals surface area contributed by atoms with Crippen LogP contribution in [0.5, 0.6) is 5.75 Å². The molecular weight excluding hydrogens is 374 g/mol. The standard InChI is InChI=1S/C19H24F6O2/c1-15(2,3)11-16(4,5)12-7-9-13(10-8-12)27-14(26)17(6,18(20,21)22)19(23,24)25/h7-10H,11H2,1-6H3. The Morgan fingerprint density at radius 1 is 0.815 bits per heavy atom. The van der Waals surface area contributed by atoms with Gasteiger partial charge in [0.15, 0.2) is 0 Å². The molecule has 0 radical (unpaired) electrons. The fraction of sp³-hybridized carbons (Fsp3) is 0.632. The van der Waals surface area contributed by atoms with E-state index in [4.69, 9.17) is 0 Å². The van der Waals surface area contributed by atoms with Crippen molar-refractivity contribution in [3.05, 3.63) is 29.8 Å². The van der Waals surface area contributed by atoms with E-state index < -0.39 is 23.7 Å². The lowest BCUT2D eigenvalue weighted by molar-refractivity contribution is -0.323. The highest BCUT2D eigenvalue weighted by Crippen LogP contribution is 2.50. The highest BCUT2D eigenvalue weighted by Gasteiger charge is 2.73. The minimum Gasteiger partial charge on any atom is -0.426 e. The van der Waals surface area contributed by atoms with Crippen LogP contribution >= 0.6 is 0 Å². The largest absolute Gasteiger partial charge is 0.426 e. The van der Waals surface area contributed by atoms with Crippen molar-refractivity contribution in [3.63, 3.8) is 0 Å². The molecule has 0 aliphatic heterocycles. The maximum absolute atomic E-state index is 12.9. The summed E-state index contributed by atoms with van der Waals surface area (Å²) in [6.45, 7) is 9.89. The molecule has 0 spiro atoms. The maximum atomic E-state index is 12.9. The van der Waals surface area contributed by atoms with Crippen molar-refractivity contribution < 1.29 is 35.9 Å². The van der Waals surface area contributed by atoms with Crippen LogP contribution in [0.4, 0.5) is 26.3 Å².